The molecule has 3 aromatic rings. The Hall–Kier alpha value is -3.06. The molecule has 0 atom stereocenters. The first-order valence-electron chi connectivity index (χ1n) is 8.72. The molecular weight excluding hydrogens is 374 g/mol. The second-order valence-electron chi connectivity index (χ2n) is 5.84. The van der Waals surface area contributed by atoms with Crippen molar-refractivity contribution in [3.05, 3.63) is 78.6 Å². The fourth-order valence-electron chi connectivity index (χ4n) is 2.50. The van der Waals surface area contributed by atoms with E-state index in [0.717, 1.165) is 11.5 Å². The van der Waals surface area contributed by atoms with Crippen molar-refractivity contribution in [3.63, 3.8) is 0 Å². The lowest BCUT2D eigenvalue weighted by Crippen LogP contribution is -2.09. The lowest BCUT2D eigenvalue weighted by molar-refractivity contribution is 0.102. The molecule has 1 aromatic heterocycles. The number of carbonyl (C=O) groups is 1. The molecule has 0 radical (unpaired) electrons. The van der Waals surface area contributed by atoms with Crippen molar-refractivity contribution in [1.82, 2.24) is 14.8 Å². The summed E-state index contributed by atoms with van der Waals surface area (Å²) in [5.74, 6) is 2.45. The standard InChI is InChI=1S/C21H21N3O3S/c1-3-13-24-20(14-27-18-7-5-4-6-8-18)22-23-21(24)28-15-19(25)16-9-11-17(26-2)12-10-16/h3-12H,1,13-15H2,2H3. The van der Waals surface area contributed by atoms with Gasteiger partial charge in [0.15, 0.2) is 16.8 Å². The summed E-state index contributed by atoms with van der Waals surface area (Å²) in [5, 5.41) is 9.09. The number of hydrogen-bond donors (Lipinski definition) is 0. The number of carbonyl (C=O) groups excluding carboxylic acids is 1. The number of aromatic nitrogens is 3. The number of para-hydroxylation sites is 1. The molecular formula is C21H21N3O3S. The second-order valence-corrected chi connectivity index (χ2v) is 6.78. The minimum absolute atomic E-state index is 0.0166. The van der Waals surface area contributed by atoms with Gasteiger partial charge in [-0.3, -0.25) is 9.36 Å². The third-order valence-electron chi connectivity index (χ3n) is 3.96. The summed E-state index contributed by atoms with van der Waals surface area (Å²) in [6.45, 7) is 4.62. The van der Waals surface area contributed by atoms with Gasteiger partial charge in [-0.15, -0.1) is 16.8 Å². The van der Waals surface area contributed by atoms with E-state index in [1.165, 1.54) is 11.8 Å². The largest absolute Gasteiger partial charge is 0.497 e. The molecule has 0 aliphatic heterocycles. The average Bonchev–Trinajstić information content (AvgIpc) is 3.13. The van der Waals surface area contributed by atoms with E-state index in [1.54, 1.807) is 37.5 Å². The third kappa shape index (κ3) is 5.01. The van der Waals surface area contributed by atoms with E-state index < -0.39 is 0 Å². The predicted molar refractivity (Wildman–Crippen MR) is 109 cm³/mol. The van der Waals surface area contributed by atoms with Crippen molar-refractivity contribution in [2.24, 2.45) is 0 Å². The van der Waals surface area contributed by atoms with E-state index in [2.05, 4.69) is 16.8 Å². The Morgan fingerprint density at radius 1 is 1.11 bits per heavy atom. The molecule has 144 valence electrons. The highest BCUT2D eigenvalue weighted by molar-refractivity contribution is 7.99. The zero-order valence-corrected chi connectivity index (χ0v) is 16.4. The van der Waals surface area contributed by atoms with Crippen LogP contribution in [-0.2, 0) is 13.2 Å². The van der Waals surface area contributed by atoms with Gasteiger partial charge >= 0.3 is 0 Å². The summed E-state index contributed by atoms with van der Waals surface area (Å²) >= 11 is 1.35. The van der Waals surface area contributed by atoms with Crippen LogP contribution >= 0.6 is 11.8 Å². The first kappa shape index (κ1) is 19.7. The molecule has 0 aliphatic carbocycles. The summed E-state index contributed by atoms with van der Waals surface area (Å²) in [4.78, 5) is 12.4. The van der Waals surface area contributed by atoms with Crippen LogP contribution in [0.5, 0.6) is 11.5 Å². The van der Waals surface area contributed by atoms with Crippen molar-refractivity contribution < 1.29 is 14.3 Å². The van der Waals surface area contributed by atoms with Crippen LogP contribution in [-0.4, -0.2) is 33.4 Å². The molecule has 3 rings (SSSR count). The summed E-state index contributed by atoms with van der Waals surface area (Å²) in [7, 11) is 1.60. The monoisotopic (exact) mass is 395 g/mol. The summed E-state index contributed by atoms with van der Waals surface area (Å²) in [6.07, 6.45) is 1.77. The van der Waals surface area contributed by atoms with E-state index in [4.69, 9.17) is 9.47 Å². The highest BCUT2D eigenvalue weighted by Gasteiger charge is 2.15. The number of thioether (sulfide) groups is 1. The van der Waals surface area contributed by atoms with Gasteiger partial charge in [0, 0.05) is 12.1 Å². The van der Waals surface area contributed by atoms with Crippen LogP contribution in [0, 0.1) is 0 Å². The second kappa shape index (κ2) is 9.75. The Balaban J connectivity index is 1.64. The molecule has 7 heteroatoms. The molecule has 0 fully saturated rings. The zero-order chi connectivity index (χ0) is 19.8. The lowest BCUT2D eigenvalue weighted by Gasteiger charge is -2.09. The van der Waals surface area contributed by atoms with Gasteiger partial charge in [0.1, 0.15) is 18.1 Å². The van der Waals surface area contributed by atoms with Crippen molar-refractivity contribution in [1.29, 1.82) is 0 Å². The molecule has 6 nitrogen and oxygen atoms in total. The number of hydrogen-bond acceptors (Lipinski definition) is 6. The summed E-state index contributed by atoms with van der Waals surface area (Å²) in [5.41, 5.74) is 0.635. The molecule has 0 saturated heterocycles. The normalized spacial score (nSPS) is 10.5. The maximum absolute atomic E-state index is 12.4. The van der Waals surface area contributed by atoms with Gasteiger partial charge in [-0.1, -0.05) is 36.0 Å². The number of Topliss-reactive ketones (excluding diaryl/α,β-unsaturated/α-hetero) is 1. The number of allylic oxidation sites excluding steroid dienone is 1. The number of nitrogens with zero attached hydrogens (tertiary/aromatic N) is 3. The molecule has 1 heterocycles. The fraction of sp³-hybridized carbons (Fsp3) is 0.190. The van der Waals surface area contributed by atoms with Crippen LogP contribution in [0.1, 0.15) is 16.2 Å². The van der Waals surface area contributed by atoms with Crippen LogP contribution in [0.3, 0.4) is 0 Å². The van der Waals surface area contributed by atoms with Gasteiger partial charge < -0.3 is 9.47 Å². The fourth-order valence-corrected chi connectivity index (χ4v) is 3.36. The SMILES string of the molecule is C=CCn1c(COc2ccccc2)nnc1SCC(=O)c1ccc(OC)cc1. The van der Waals surface area contributed by atoms with Crippen molar-refractivity contribution >= 4 is 17.5 Å². The van der Waals surface area contributed by atoms with Gasteiger partial charge in [-0.05, 0) is 36.4 Å². The van der Waals surface area contributed by atoms with Gasteiger partial charge in [-0.2, -0.15) is 0 Å². The van der Waals surface area contributed by atoms with Gasteiger partial charge in [-0.25, -0.2) is 0 Å². The van der Waals surface area contributed by atoms with E-state index in [0.29, 0.717) is 23.1 Å². The molecule has 2 aromatic carbocycles. The molecule has 0 bridgehead atoms. The quantitative estimate of drug-likeness (QED) is 0.293. The number of benzene rings is 2. The summed E-state index contributed by atoms with van der Waals surface area (Å²) in [6, 6.07) is 16.6. The van der Waals surface area contributed by atoms with Crippen LogP contribution in [0.2, 0.25) is 0 Å². The van der Waals surface area contributed by atoms with Crippen LogP contribution in [0.15, 0.2) is 72.4 Å². The maximum atomic E-state index is 12.4. The van der Waals surface area contributed by atoms with Gasteiger partial charge in [0.05, 0.1) is 12.9 Å². The number of ketones is 1. The third-order valence-corrected chi connectivity index (χ3v) is 4.93. The van der Waals surface area contributed by atoms with E-state index >= 15 is 0 Å². The van der Waals surface area contributed by atoms with Crippen molar-refractivity contribution in [2.75, 3.05) is 12.9 Å². The van der Waals surface area contributed by atoms with E-state index in [-0.39, 0.29) is 18.1 Å². The minimum atomic E-state index is 0.0166. The molecule has 0 unspecified atom stereocenters. The first-order chi connectivity index (χ1) is 13.7. The molecule has 0 spiro atoms. The van der Waals surface area contributed by atoms with Crippen LogP contribution in [0.4, 0.5) is 0 Å². The van der Waals surface area contributed by atoms with E-state index in [9.17, 15) is 4.79 Å². The smallest absolute Gasteiger partial charge is 0.192 e. The zero-order valence-electron chi connectivity index (χ0n) is 15.6. The predicted octanol–water partition coefficient (Wildman–Crippen LogP) is 4.03. The van der Waals surface area contributed by atoms with Gasteiger partial charge in [0.25, 0.3) is 0 Å². The molecule has 0 aliphatic rings. The summed E-state index contributed by atoms with van der Waals surface area (Å²) < 4.78 is 12.8. The van der Waals surface area contributed by atoms with E-state index in [1.807, 2.05) is 34.9 Å². The number of rotatable bonds is 10. The highest BCUT2D eigenvalue weighted by atomic mass is 32.2. The van der Waals surface area contributed by atoms with Crippen LogP contribution < -0.4 is 9.47 Å². The molecule has 0 saturated carbocycles. The lowest BCUT2D eigenvalue weighted by atomic mass is 10.1. The minimum Gasteiger partial charge on any atom is -0.497 e. The topological polar surface area (TPSA) is 66.2 Å². The molecule has 0 amide bonds. The Bertz CT molecular complexity index is 924. The van der Waals surface area contributed by atoms with Crippen molar-refractivity contribution in [3.8, 4) is 11.5 Å². The average molecular weight is 395 g/mol. The van der Waals surface area contributed by atoms with Gasteiger partial charge in [0.2, 0.25) is 0 Å². The Morgan fingerprint density at radius 3 is 2.54 bits per heavy atom. The van der Waals surface area contributed by atoms with Crippen molar-refractivity contribution in [2.45, 2.75) is 18.3 Å². The molecule has 0 N–H and O–H groups in total. The highest BCUT2D eigenvalue weighted by Crippen LogP contribution is 2.21. The number of ether oxygens (including phenoxy) is 2. The number of methoxy groups -OCH3 is 1. The van der Waals surface area contributed by atoms with Crippen LogP contribution in [0.25, 0.3) is 0 Å². The first-order valence-corrected chi connectivity index (χ1v) is 9.70. The Morgan fingerprint density at radius 2 is 1.86 bits per heavy atom. The molecule has 28 heavy (non-hydrogen) atoms. The Labute approximate surface area is 168 Å². The Kier molecular flexibility index (Phi) is 6.86. The maximum Gasteiger partial charge on any atom is 0.192 e.